The molecule has 100 valence electrons. The molecule has 1 aliphatic rings. The van der Waals surface area contributed by atoms with Crippen LogP contribution in [0.2, 0.25) is 0 Å². The molecule has 1 fully saturated rings. The molecule has 0 heterocycles. The summed E-state index contributed by atoms with van der Waals surface area (Å²) >= 11 is 0. The van der Waals surface area contributed by atoms with E-state index < -0.39 is 5.82 Å². The lowest BCUT2D eigenvalue weighted by Crippen LogP contribution is -2.04. The van der Waals surface area contributed by atoms with Crippen LogP contribution in [0, 0.1) is 11.7 Å². The van der Waals surface area contributed by atoms with Gasteiger partial charge in [0.05, 0.1) is 18.9 Å². The summed E-state index contributed by atoms with van der Waals surface area (Å²) in [6.07, 6.45) is 4.48. The summed E-state index contributed by atoms with van der Waals surface area (Å²) in [4.78, 5) is 0. The highest BCUT2D eigenvalue weighted by Gasteiger charge is 2.21. The predicted molar refractivity (Wildman–Crippen MR) is 69.4 cm³/mol. The van der Waals surface area contributed by atoms with Crippen molar-refractivity contribution in [1.29, 1.82) is 0 Å². The van der Waals surface area contributed by atoms with Gasteiger partial charge in [-0.2, -0.15) is 0 Å². The van der Waals surface area contributed by atoms with Gasteiger partial charge in [0.2, 0.25) is 0 Å². The minimum absolute atomic E-state index is 0.215. The molecular formula is C14H20FNO2. The Balaban J connectivity index is 1.97. The molecule has 3 nitrogen and oxygen atoms in total. The molecule has 1 aromatic rings. The number of hydrogen-bond acceptors (Lipinski definition) is 3. The Morgan fingerprint density at radius 1 is 1.22 bits per heavy atom. The number of hydrogen-bond donors (Lipinski definition) is 1. The molecule has 4 heteroatoms. The van der Waals surface area contributed by atoms with E-state index in [2.05, 4.69) is 0 Å². The van der Waals surface area contributed by atoms with Gasteiger partial charge in [0.25, 0.3) is 0 Å². The van der Waals surface area contributed by atoms with Crippen molar-refractivity contribution in [3.8, 4) is 11.5 Å². The Kier molecular flexibility index (Phi) is 4.28. The van der Waals surface area contributed by atoms with Crippen molar-refractivity contribution >= 4 is 5.69 Å². The van der Waals surface area contributed by atoms with Gasteiger partial charge in [-0.25, -0.2) is 4.39 Å². The predicted octanol–water partition coefficient (Wildman–Crippen LogP) is 3.38. The quantitative estimate of drug-likeness (QED) is 0.758. The van der Waals surface area contributed by atoms with Crippen LogP contribution in [-0.2, 0) is 0 Å². The van der Waals surface area contributed by atoms with E-state index in [1.807, 2.05) is 6.92 Å². The van der Waals surface area contributed by atoms with Gasteiger partial charge < -0.3 is 15.2 Å². The summed E-state index contributed by atoms with van der Waals surface area (Å²) < 4.78 is 24.5. The molecule has 2 rings (SSSR count). The molecule has 1 aromatic carbocycles. The van der Waals surface area contributed by atoms with E-state index in [9.17, 15) is 4.39 Å². The van der Waals surface area contributed by atoms with Crippen LogP contribution in [0.4, 0.5) is 10.1 Å². The summed E-state index contributed by atoms with van der Waals surface area (Å²) in [5.41, 5.74) is 6.06. The first-order valence-corrected chi connectivity index (χ1v) is 6.55. The number of ether oxygens (including phenoxy) is 2. The highest BCUT2D eigenvalue weighted by molar-refractivity contribution is 5.56. The maximum Gasteiger partial charge on any atom is 0.167 e. The van der Waals surface area contributed by atoms with Gasteiger partial charge in [0, 0.05) is 12.1 Å². The summed E-state index contributed by atoms with van der Waals surface area (Å²) in [6.45, 7) is 3.10. The Morgan fingerprint density at radius 3 is 2.61 bits per heavy atom. The van der Waals surface area contributed by atoms with Gasteiger partial charge in [-0.3, -0.25) is 0 Å². The fourth-order valence-electron chi connectivity index (χ4n) is 1.74. The van der Waals surface area contributed by atoms with Crippen molar-refractivity contribution in [2.24, 2.45) is 5.92 Å². The largest absolute Gasteiger partial charge is 0.491 e. The first-order valence-electron chi connectivity index (χ1n) is 6.55. The average molecular weight is 253 g/mol. The van der Waals surface area contributed by atoms with Gasteiger partial charge in [-0.05, 0) is 18.8 Å². The summed E-state index contributed by atoms with van der Waals surface area (Å²) in [7, 11) is 0. The molecule has 1 saturated carbocycles. The fourth-order valence-corrected chi connectivity index (χ4v) is 1.74. The SMILES string of the molecule is CCCOc1cc(OCCC2CC2)c(N)cc1F. The molecule has 0 saturated heterocycles. The van der Waals surface area contributed by atoms with E-state index in [1.165, 1.54) is 18.9 Å². The zero-order valence-corrected chi connectivity index (χ0v) is 10.7. The molecule has 0 aliphatic heterocycles. The Morgan fingerprint density at radius 2 is 1.94 bits per heavy atom. The maximum atomic E-state index is 13.6. The van der Waals surface area contributed by atoms with Crippen LogP contribution in [-0.4, -0.2) is 13.2 Å². The van der Waals surface area contributed by atoms with E-state index in [-0.39, 0.29) is 5.75 Å². The van der Waals surface area contributed by atoms with Gasteiger partial charge >= 0.3 is 0 Å². The zero-order valence-electron chi connectivity index (χ0n) is 10.7. The smallest absolute Gasteiger partial charge is 0.167 e. The zero-order chi connectivity index (χ0) is 13.0. The number of benzene rings is 1. The third-order valence-corrected chi connectivity index (χ3v) is 3.01. The first-order chi connectivity index (χ1) is 8.70. The lowest BCUT2D eigenvalue weighted by molar-refractivity contribution is 0.286. The highest BCUT2D eigenvalue weighted by Crippen LogP contribution is 2.34. The second-order valence-corrected chi connectivity index (χ2v) is 4.75. The van der Waals surface area contributed by atoms with Crippen molar-refractivity contribution < 1.29 is 13.9 Å². The van der Waals surface area contributed by atoms with E-state index in [1.54, 1.807) is 6.07 Å². The van der Waals surface area contributed by atoms with Crippen LogP contribution >= 0.6 is 0 Å². The van der Waals surface area contributed by atoms with Crippen molar-refractivity contribution in [2.75, 3.05) is 18.9 Å². The van der Waals surface area contributed by atoms with E-state index in [4.69, 9.17) is 15.2 Å². The summed E-state index contributed by atoms with van der Waals surface area (Å²) in [6, 6.07) is 2.81. The second kappa shape index (κ2) is 5.94. The molecular weight excluding hydrogens is 233 g/mol. The summed E-state index contributed by atoms with van der Waals surface area (Å²) in [5.74, 6) is 1.11. The van der Waals surface area contributed by atoms with Crippen LogP contribution in [0.3, 0.4) is 0 Å². The van der Waals surface area contributed by atoms with Crippen LogP contribution < -0.4 is 15.2 Å². The minimum atomic E-state index is -0.435. The van der Waals surface area contributed by atoms with Crippen LogP contribution in [0.1, 0.15) is 32.6 Å². The Labute approximate surface area is 107 Å². The number of halogens is 1. The summed E-state index contributed by atoms with van der Waals surface area (Å²) in [5, 5.41) is 0. The average Bonchev–Trinajstić information content (AvgIpc) is 3.14. The minimum Gasteiger partial charge on any atom is -0.491 e. The fraction of sp³-hybridized carbons (Fsp3) is 0.571. The molecule has 0 radical (unpaired) electrons. The van der Waals surface area contributed by atoms with Gasteiger partial charge in [0.1, 0.15) is 5.75 Å². The van der Waals surface area contributed by atoms with Crippen molar-refractivity contribution in [1.82, 2.24) is 0 Å². The van der Waals surface area contributed by atoms with Crippen LogP contribution in [0.5, 0.6) is 11.5 Å². The lowest BCUT2D eigenvalue weighted by atomic mass is 10.2. The van der Waals surface area contributed by atoms with Crippen molar-refractivity contribution in [3.63, 3.8) is 0 Å². The standard InChI is InChI=1S/C14H20FNO2/c1-2-6-17-13-9-14(12(16)8-11(13)15)18-7-5-10-3-4-10/h8-10H,2-7,16H2,1H3. The molecule has 1 aliphatic carbocycles. The monoisotopic (exact) mass is 253 g/mol. The molecule has 0 bridgehead atoms. The van der Waals surface area contributed by atoms with Gasteiger partial charge in [-0.1, -0.05) is 19.8 Å². The third kappa shape index (κ3) is 3.52. The molecule has 18 heavy (non-hydrogen) atoms. The molecule has 0 unspecified atom stereocenters. The molecule has 0 spiro atoms. The van der Waals surface area contributed by atoms with E-state index >= 15 is 0 Å². The first kappa shape index (κ1) is 13.0. The van der Waals surface area contributed by atoms with Crippen molar-refractivity contribution in [2.45, 2.75) is 32.6 Å². The van der Waals surface area contributed by atoms with Crippen molar-refractivity contribution in [3.05, 3.63) is 17.9 Å². The maximum absolute atomic E-state index is 13.6. The van der Waals surface area contributed by atoms with Gasteiger partial charge in [0.15, 0.2) is 11.6 Å². The van der Waals surface area contributed by atoms with Crippen LogP contribution in [0.15, 0.2) is 12.1 Å². The number of nitrogen functional groups attached to an aromatic ring is 1. The molecule has 0 aromatic heterocycles. The lowest BCUT2D eigenvalue weighted by Gasteiger charge is -2.12. The Bertz CT molecular complexity index is 405. The molecule has 0 amide bonds. The topological polar surface area (TPSA) is 44.5 Å². The normalized spacial score (nSPS) is 14.6. The molecule has 0 atom stereocenters. The third-order valence-electron chi connectivity index (χ3n) is 3.01. The molecule has 2 N–H and O–H groups in total. The van der Waals surface area contributed by atoms with E-state index in [0.717, 1.165) is 18.8 Å². The van der Waals surface area contributed by atoms with Crippen LogP contribution in [0.25, 0.3) is 0 Å². The number of rotatable bonds is 7. The second-order valence-electron chi connectivity index (χ2n) is 4.75. The van der Waals surface area contributed by atoms with E-state index in [0.29, 0.717) is 24.7 Å². The number of anilines is 1. The Hall–Kier alpha value is -1.45. The highest BCUT2D eigenvalue weighted by atomic mass is 19.1. The number of nitrogens with two attached hydrogens (primary N) is 1. The van der Waals surface area contributed by atoms with Gasteiger partial charge in [-0.15, -0.1) is 0 Å².